The number of nitriles is 1. The van der Waals surface area contributed by atoms with Crippen LogP contribution in [0.15, 0.2) is 29.2 Å². The summed E-state index contributed by atoms with van der Waals surface area (Å²) in [4.78, 5) is 25.2. The van der Waals surface area contributed by atoms with E-state index in [2.05, 4.69) is 4.72 Å². The van der Waals surface area contributed by atoms with E-state index >= 15 is 0 Å². The molecule has 1 N–H and O–H groups in total. The molecule has 0 aliphatic carbocycles. The Kier molecular flexibility index (Phi) is 6.90. The monoisotopic (exact) mass is 395 g/mol. The Morgan fingerprint density at radius 2 is 1.93 bits per heavy atom. The second-order valence-corrected chi connectivity index (χ2v) is 7.88. The Morgan fingerprint density at radius 1 is 1.30 bits per heavy atom. The highest BCUT2D eigenvalue weighted by atomic mass is 32.2. The molecule has 0 radical (unpaired) electrons. The highest BCUT2D eigenvalue weighted by Crippen LogP contribution is 2.14. The van der Waals surface area contributed by atoms with E-state index in [4.69, 9.17) is 14.7 Å². The van der Waals surface area contributed by atoms with Crippen LogP contribution in [0.4, 0.5) is 0 Å². The minimum atomic E-state index is -4.06. The third kappa shape index (κ3) is 5.75. The van der Waals surface area contributed by atoms with Crippen molar-refractivity contribution in [3.8, 4) is 6.07 Å². The molecule has 1 aromatic carbocycles. The van der Waals surface area contributed by atoms with Gasteiger partial charge >= 0.3 is 5.97 Å². The van der Waals surface area contributed by atoms with Gasteiger partial charge in [-0.05, 0) is 26.0 Å². The zero-order valence-corrected chi connectivity index (χ0v) is 15.9. The van der Waals surface area contributed by atoms with E-state index in [1.165, 1.54) is 24.3 Å². The number of benzene rings is 1. The number of rotatable bonds is 6. The molecule has 27 heavy (non-hydrogen) atoms. The standard InChI is InChI=1S/C17H21N3O6S/c1-12-9-20(10-13(2)26-12)16(21)11-25-17(22)8-19-27(23,24)15-6-4-3-5-14(15)7-18/h3-6,12-13,19H,8-11H2,1-2H3/t12-,13-/m1/s1. The van der Waals surface area contributed by atoms with Gasteiger partial charge in [0, 0.05) is 13.1 Å². The number of carbonyl (C=O) groups is 2. The Morgan fingerprint density at radius 3 is 2.56 bits per heavy atom. The molecule has 1 saturated heterocycles. The Bertz CT molecular complexity index is 838. The van der Waals surface area contributed by atoms with Gasteiger partial charge in [-0.15, -0.1) is 0 Å². The van der Waals surface area contributed by atoms with Gasteiger partial charge in [-0.3, -0.25) is 9.59 Å². The molecule has 0 spiro atoms. The molecule has 1 aliphatic rings. The average Bonchev–Trinajstić information content (AvgIpc) is 2.63. The maximum absolute atomic E-state index is 12.2. The fraction of sp³-hybridized carbons (Fsp3) is 0.471. The van der Waals surface area contributed by atoms with Gasteiger partial charge in [0.05, 0.1) is 22.7 Å². The van der Waals surface area contributed by atoms with Gasteiger partial charge in [0.2, 0.25) is 10.0 Å². The second kappa shape index (κ2) is 8.94. The number of hydrogen-bond donors (Lipinski definition) is 1. The van der Waals surface area contributed by atoms with Crippen molar-refractivity contribution in [1.82, 2.24) is 9.62 Å². The number of ether oxygens (including phenoxy) is 2. The van der Waals surface area contributed by atoms with E-state index in [0.717, 1.165) is 0 Å². The first kappa shape index (κ1) is 20.8. The van der Waals surface area contributed by atoms with Crippen LogP contribution in [0.25, 0.3) is 0 Å². The molecule has 1 aliphatic heterocycles. The molecule has 0 unspecified atom stereocenters. The van der Waals surface area contributed by atoms with Gasteiger partial charge in [-0.1, -0.05) is 12.1 Å². The molecular weight excluding hydrogens is 374 g/mol. The molecule has 10 heteroatoms. The van der Waals surface area contributed by atoms with E-state index in [-0.39, 0.29) is 28.6 Å². The lowest BCUT2D eigenvalue weighted by molar-refractivity contribution is -0.156. The van der Waals surface area contributed by atoms with Gasteiger partial charge in [-0.2, -0.15) is 9.98 Å². The molecule has 1 aromatic rings. The van der Waals surface area contributed by atoms with Crippen molar-refractivity contribution in [2.75, 3.05) is 26.2 Å². The lowest BCUT2D eigenvalue weighted by atomic mass is 10.2. The number of amides is 1. The average molecular weight is 395 g/mol. The maximum atomic E-state index is 12.2. The minimum absolute atomic E-state index is 0.0379. The predicted molar refractivity (Wildman–Crippen MR) is 93.9 cm³/mol. The Hall–Kier alpha value is -2.48. The summed E-state index contributed by atoms with van der Waals surface area (Å²) in [6, 6.07) is 7.40. The molecule has 1 heterocycles. The zero-order chi connectivity index (χ0) is 20.0. The summed E-state index contributed by atoms with van der Waals surface area (Å²) in [6.45, 7) is 3.36. The molecule has 1 fully saturated rings. The van der Waals surface area contributed by atoms with Crippen molar-refractivity contribution >= 4 is 21.9 Å². The van der Waals surface area contributed by atoms with Gasteiger partial charge in [-0.25, -0.2) is 8.42 Å². The Labute approximate surface area is 157 Å². The summed E-state index contributed by atoms with van der Waals surface area (Å²) in [5.41, 5.74) is -0.0379. The third-order valence-corrected chi connectivity index (χ3v) is 5.29. The van der Waals surface area contributed by atoms with Crippen LogP contribution >= 0.6 is 0 Å². The van der Waals surface area contributed by atoms with Crippen molar-refractivity contribution in [3.05, 3.63) is 29.8 Å². The van der Waals surface area contributed by atoms with Crippen LogP contribution in [0, 0.1) is 11.3 Å². The highest BCUT2D eigenvalue weighted by molar-refractivity contribution is 7.89. The number of nitrogens with one attached hydrogen (secondary N) is 1. The van der Waals surface area contributed by atoms with Crippen molar-refractivity contribution in [2.45, 2.75) is 31.0 Å². The van der Waals surface area contributed by atoms with Crippen molar-refractivity contribution < 1.29 is 27.5 Å². The van der Waals surface area contributed by atoms with Crippen LogP contribution in [0.2, 0.25) is 0 Å². The first-order chi connectivity index (χ1) is 12.7. The third-order valence-electron chi connectivity index (χ3n) is 3.83. The minimum Gasteiger partial charge on any atom is -0.455 e. The lowest BCUT2D eigenvalue weighted by Crippen LogP contribution is -2.49. The summed E-state index contributed by atoms with van der Waals surface area (Å²) in [6.07, 6.45) is -0.221. The first-order valence-corrected chi connectivity index (χ1v) is 9.79. The van der Waals surface area contributed by atoms with Crippen LogP contribution in [0.5, 0.6) is 0 Å². The summed E-state index contributed by atoms with van der Waals surface area (Å²) in [5.74, 6) is -1.27. The molecule has 0 saturated carbocycles. The highest BCUT2D eigenvalue weighted by Gasteiger charge is 2.26. The molecule has 2 atom stereocenters. The SMILES string of the molecule is C[C@@H]1CN(C(=O)COC(=O)CNS(=O)(=O)c2ccccc2C#N)C[C@@H](C)O1. The topological polar surface area (TPSA) is 126 Å². The fourth-order valence-corrected chi connectivity index (χ4v) is 3.82. The molecule has 146 valence electrons. The first-order valence-electron chi connectivity index (χ1n) is 8.30. The second-order valence-electron chi connectivity index (χ2n) is 6.15. The predicted octanol–water partition coefficient (Wildman–Crippen LogP) is 0.0156. The summed E-state index contributed by atoms with van der Waals surface area (Å²) < 4.78 is 36.9. The van der Waals surface area contributed by atoms with Gasteiger partial charge in [0.25, 0.3) is 5.91 Å². The van der Waals surface area contributed by atoms with E-state index < -0.39 is 29.1 Å². The number of nitrogens with zero attached hydrogens (tertiary/aromatic N) is 2. The smallest absolute Gasteiger partial charge is 0.321 e. The number of hydrogen-bond acceptors (Lipinski definition) is 7. The van der Waals surface area contributed by atoms with Gasteiger partial charge in [0.1, 0.15) is 12.6 Å². The number of esters is 1. The van der Waals surface area contributed by atoms with Crippen LogP contribution in [0.1, 0.15) is 19.4 Å². The molecule has 9 nitrogen and oxygen atoms in total. The number of carbonyl (C=O) groups excluding carboxylic acids is 2. The van der Waals surface area contributed by atoms with Gasteiger partial charge < -0.3 is 14.4 Å². The van der Waals surface area contributed by atoms with E-state index in [0.29, 0.717) is 13.1 Å². The summed E-state index contributed by atoms with van der Waals surface area (Å²) >= 11 is 0. The van der Waals surface area contributed by atoms with E-state index in [1.807, 2.05) is 13.8 Å². The lowest BCUT2D eigenvalue weighted by Gasteiger charge is -2.35. The molecule has 0 bridgehead atoms. The van der Waals surface area contributed by atoms with Crippen molar-refractivity contribution in [2.24, 2.45) is 0 Å². The van der Waals surface area contributed by atoms with E-state index in [9.17, 15) is 18.0 Å². The van der Waals surface area contributed by atoms with Crippen LogP contribution in [-0.4, -0.2) is 63.6 Å². The van der Waals surface area contributed by atoms with Gasteiger partial charge in [0.15, 0.2) is 6.61 Å². The number of sulfonamides is 1. The normalized spacial score (nSPS) is 20.0. The van der Waals surface area contributed by atoms with Crippen molar-refractivity contribution in [1.29, 1.82) is 5.26 Å². The van der Waals surface area contributed by atoms with E-state index in [1.54, 1.807) is 11.0 Å². The van der Waals surface area contributed by atoms with Crippen LogP contribution in [0.3, 0.4) is 0 Å². The van der Waals surface area contributed by atoms with Crippen LogP contribution in [-0.2, 0) is 29.1 Å². The largest absolute Gasteiger partial charge is 0.455 e. The summed E-state index contributed by atoms with van der Waals surface area (Å²) in [5, 5.41) is 8.98. The zero-order valence-electron chi connectivity index (χ0n) is 15.0. The quantitative estimate of drug-likeness (QED) is 0.673. The molecule has 2 rings (SSSR count). The molecule has 1 amide bonds. The molecule has 0 aromatic heterocycles. The summed E-state index contributed by atoms with van der Waals surface area (Å²) in [7, 11) is -4.06. The Balaban J connectivity index is 1.85. The maximum Gasteiger partial charge on any atom is 0.321 e. The van der Waals surface area contributed by atoms with Crippen LogP contribution < -0.4 is 4.72 Å². The van der Waals surface area contributed by atoms with Crippen molar-refractivity contribution in [3.63, 3.8) is 0 Å². The molecular formula is C17H21N3O6S. The number of morpholine rings is 1. The fourth-order valence-electron chi connectivity index (χ4n) is 2.69.